The van der Waals surface area contributed by atoms with Crippen LogP contribution in [0.1, 0.15) is 39.3 Å². The standard InChI is InChI=1S/C11H14N2.C2H6/c1-9-3-5-10(6-4-9)11-7-8-13(2)12-11;1-2/h3,5,7-8H,4,6H2,1-2H3;1-2H3. The molecule has 2 heteroatoms. The molecule has 0 aromatic carbocycles. The third-order valence-corrected chi connectivity index (χ3v) is 2.40. The zero-order valence-electron chi connectivity index (χ0n) is 10.1. The average Bonchev–Trinajstić information content (AvgIpc) is 2.69. The van der Waals surface area contributed by atoms with Crippen molar-refractivity contribution in [2.45, 2.75) is 33.6 Å². The van der Waals surface area contributed by atoms with Crippen LogP contribution in [0.5, 0.6) is 0 Å². The van der Waals surface area contributed by atoms with Gasteiger partial charge < -0.3 is 0 Å². The van der Waals surface area contributed by atoms with E-state index in [0.717, 1.165) is 12.1 Å². The number of aromatic nitrogens is 2. The Morgan fingerprint density at radius 2 is 1.93 bits per heavy atom. The van der Waals surface area contributed by atoms with E-state index >= 15 is 0 Å². The van der Waals surface area contributed by atoms with E-state index in [2.05, 4.69) is 30.2 Å². The van der Waals surface area contributed by atoms with Crippen LogP contribution < -0.4 is 0 Å². The Morgan fingerprint density at radius 3 is 2.40 bits per heavy atom. The molecule has 0 saturated heterocycles. The van der Waals surface area contributed by atoms with Crippen molar-refractivity contribution in [3.63, 3.8) is 0 Å². The molecule has 1 aromatic heterocycles. The SMILES string of the molecule is CC.CC1=CC=C(c2ccn(C)n2)CC1. The van der Waals surface area contributed by atoms with Gasteiger partial charge in [-0.25, -0.2) is 0 Å². The number of allylic oxidation sites excluding steroid dienone is 4. The summed E-state index contributed by atoms with van der Waals surface area (Å²) in [6, 6.07) is 2.07. The van der Waals surface area contributed by atoms with E-state index in [1.165, 1.54) is 17.6 Å². The molecule has 0 radical (unpaired) electrons. The maximum Gasteiger partial charge on any atom is 0.0882 e. The lowest BCUT2D eigenvalue weighted by Gasteiger charge is -2.09. The van der Waals surface area contributed by atoms with E-state index in [4.69, 9.17) is 0 Å². The highest BCUT2D eigenvalue weighted by atomic mass is 15.2. The van der Waals surface area contributed by atoms with E-state index in [0.29, 0.717) is 0 Å². The molecule has 82 valence electrons. The fourth-order valence-electron chi connectivity index (χ4n) is 1.54. The zero-order valence-corrected chi connectivity index (χ0v) is 10.1. The molecule has 0 bridgehead atoms. The van der Waals surface area contributed by atoms with Gasteiger partial charge in [0.2, 0.25) is 0 Å². The van der Waals surface area contributed by atoms with E-state index in [9.17, 15) is 0 Å². The van der Waals surface area contributed by atoms with Crippen molar-refractivity contribution in [1.82, 2.24) is 9.78 Å². The average molecular weight is 204 g/mol. The molecule has 0 amide bonds. The first-order valence-corrected chi connectivity index (χ1v) is 5.62. The van der Waals surface area contributed by atoms with Crippen LogP contribution in [0.2, 0.25) is 0 Å². The third-order valence-electron chi connectivity index (χ3n) is 2.40. The highest BCUT2D eigenvalue weighted by Gasteiger charge is 2.07. The van der Waals surface area contributed by atoms with Crippen molar-refractivity contribution in [2.75, 3.05) is 0 Å². The van der Waals surface area contributed by atoms with Crippen molar-refractivity contribution >= 4 is 5.57 Å². The van der Waals surface area contributed by atoms with Crippen LogP contribution in [0.25, 0.3) is 5.57 Å². The molecule has 1 aliphatic rings. The summed E-state index contributed by atoms with van der Waals surface area (Å²) in [6.07, 6.45) is 8.65. The molecule has 2 rings (SSSR count). The van der Waals surface area contributed by atoms with E-state index in [1.54, 1.807) is 0 Å². The van der Waals surface area contributed by atoms with Crippen molar-refractivity contribution in [3.05, 3.63) is 35.7 Å². The molecule has 0 spiro atoms. The molecule has 2 nitrogen and oxygen atoms in total. The van der Waals surface area contributed by atoms with Crippen LogP contribution >= 0.6 is 0 Å². The van der Waals surface area contributed by atoms with Gasteiger partial charge in [0.15, 0.2) is 0 Å². The quantitative estimate of drug-likeness (QED) is 0.683. The molecule has 1 aliphatic carbocycles. The van der Waals surface area contributed by atoms with Crippen molar-refractivity contribution in [1.29, 1.82) is 0 Å². The van der Waals surface area contributed by atoms with Crippen LogP contribution in [0, 0.1) is 0 Å². The molecule has 0 aliphatic heterocycles. The predicted molar refractivity (Wildman–Crippen MR) is 65.5 cm³/mol. The van der Waals surface area contributed by atoms with Crippen molar-refractivity contribution in [2.24, 2.45) is 7.05 Å². The minimum Gasteiger partial charge on any atom is -0.275 e. The number of hydrogen-bond donors (Lipinski definition) is 0. The Hall–Kier alpha value is -1.31. The summed E-state index contributed by atoms with van der Waals surface area (Å²) in [4.78, 5) is 0. The Morgan fingerprint density at radius 1 is 1.20 bits per heavy atom. The van der Waals surface area contributed by atoms with E-state index in [-0.39, 0.29) is 0 Å². The molecule has 0 N–H and O–H groups in total. The number of aryl methyl sites for hydroxylation is 1. The van der Waals surface area contributed by atoms with Crippen LogP contribution in [0.4, 0.5) is 0 Å². The van der Waals surface area contributed by atoms with Crippen LogP contribution in [0.3, 0.4) is 0 Å². The lowest BCUT2D eigenvalue weighted by Crippen LogP contribution is -1.94. The second kappa shape index (κ2) is 5.54. The first kappa shape index (κ1) is 11.8. The van der Waals surface area contributed by atoms with Gasteiger partial charge in [-0.05, 0) is 31.4 Å². The Balaban J connectivity index is 0.000000531. The van der Waals surface area contributed by atoms with Gasteiger partial charge in [-0.15, -0.1) is 0 Å². The molecule has 15 heavy (non-hydrogen) atoms. The minimum atomic E-state index is 1.12. The zero-order chi connectivity index (χ0) is 11.3. The first-order valence-electron chi connectivity index (χ1n) is 5.62. The summed E-state index contributed by atoms with van der Waals surface area (Å²) in [5.41, 5.74) is 3.93. The maximum atomic E-state index is 4.38. The Bertz CT molecular complexity index is 370. The topological polar surface area (TPSA) is 17.8 Å². The summed E-state index contributed by atoms with van der Waals surface area (Å²) < 4.78 is 1.85. The summed E-state index contributed by atoms with van der Waals surface area (Å²) in [5.74, 6) is 0. The molecule has 1 aromatic rings. The second-order valence-corrected chi connectivity index (χ2v) is 3.58. The molecule has 1 heterocycles. The number of nitrogens with zero attached hydrogens (tertiary/aromatic N) is 2. The highest BCUT2D eigenvalue weighted by Crippen LogP contribution is 2.24. The monoisotopic (exact) mass is 204 g/mol. The van der Waals surface area contributed by atoms with Gasteiger partial charge in [-0.1, -0.05) is 31.6 Å². The summed E-state index contributed by atoms with van der Waals surface area (Å²) >= 11 is 0. The summed E-state index contributed by atoms with van der Waals surface area (Å²) in [6.45, 7) is 6.17. The van der Waals surface area contributed by atoms with Crippen LogP contribution in [-0.4, -0.2) is 9.78 Å². The normalized spacial score (nSPS) is 14.9. The first-order chi connectivity index (χ1) is 7.25. The van der Waals surface area contributed by atoms with Gasteiger partial charge in [-0.2, -0.15) is 5.10 Å². The van der Waals surface area contributed by atoms with Crippen LogP contribution in [0.15, 0.2) is 30.0 Å². The van der Waals surface area contributed by atoms with Gasteiger partial charge in [0.25, 0.3) is 0 Å². The minimum absolute atomic E-state index is 1.12. The lowest BCUT2D eigenvalue weighted by atomic mass is 9.97. The molecule has 0 saturated carbocycles. The second-order valence-electron chi connectivity index (χ2n) is 3.58. The van der Waals surface area contributed by atoms with Crippen LogP contribution in [-0.2, 0) is 7.05 Å². The largest absolute Gasteiger partial charge is 0.275 e. The number of hydrogen-bond acceptors (Lipinski definition) is 1. The summed E-state index contributed by atoms with van der Waals surface area (Å²) in [7, 11) is 1.95. The molecule has 0 atom stereocenters. The third kappa shape index (κ3) is 3.08. The predicted octanol–water partition coefficient (Wildman–Crippen LogP) is 3.57. The lowest BCUT2D eigenvalue weighted by molar-refractivity contribution is 0.760. The molecule has 0 fully saturated rings. The van der Waals surface area contributed by atoms with Gasteiger partial charge in [0, 0.05) is 13.2 Å². The smallest absolute Gasteiger partial charge is 0.0882 e. The van der Waals surface area contributed by atoms with E-state index < -0.39 is 0 Å². The Kier molecular flexibility index (Phi) is 4.35. The Labute approximate surface area is 92.3 Å². The summed E-state index contributed by atoms with van der Waals surface area (Å²) in [5, 5.41) is 4.38. The maximum absolute atomic E-state index is 4.38. The van der Waals surface area contributed by atoms with Gasteiger partial charge in [0.05, 0.1) is 5.69 Å². The van der Waals surface area contributed by atoms with Gasteiger partial charge >= 0.3 is 0 Å². The fraction of sp³-hybridized carbons (Fsp3) is 0.462. The number of rotatable bonds is 1. The molecular formula is C13H20N2. The van der Waals surface area contributed by atoms with Crippen molar-refractivity contribution < 1.29 is 0 Å². The van der Waals surface area contributed by atoms with Crippen molar-refractivity contribution in [3.8, 4) is 0 Å². The van der Waals surface area contributed by atoms with Gasteiger partial charge in [0.1, 0.15) is 0 Å². The van der Waals surface area contributed by atoms with E-state index in [1.807, 2.05) is 31.8 Å². The fourth-order valence-corrected chi connectivity index (χ4v) is 1.54. The highest BCUT2D eigenvalue weighted by molar-refractivity contribution is 5.65. The van der Waals surface area contributed by atoms with Gasteiger partial charge in [-0.3, -0.25) is 4.68 Å². The molecular weight excluding hydrogens is 184 g/mol. The molecule has 0 unspecified atom stereocenters.